The van der Waals surface area contributed by atoms with Crippen LogP contribution in [0.2, 0.25) is 0 Å². The summed E-state index contributed by atoms with van der Waals surface area (Å²) < 4.78 is 8.20. The van der Waals surface area contributed by atoms with Crippen LogP contribution in [0.1, 0.15) is 5.56 Å². The minimum absolute atomic E-state index is 0.579. The molecule has 0 saturated heterocycles. The molecule has 0 fully saturated rings. The molecule has 33 heavy (non-hydrogen) atoms. The lowest BCUT2D eigenvalue weighted by molar-refractivity contribution is 0.463. The van der Waals surface area contributed by atoms with Gasteiger partial charge in [-0.05, 0) is 66.1 Å². The molecule has 0 atom stereocenters. The summed E-state index contributed by atoms with van der Waals surface area (Å²) in [5, 5.41) is 2.42. The van der Waals surface area contributed by atoms with E-state index in [1.807, 2.05) is 48.7 Å². The van der Waals surface area contributed by atoms with Crippen LogP contribution in [0.4, 0.5) is 0 Å². The first-order valence-corrected chi connectivity index (χ1v) is 10.9. The van der Waals surface area contributed by atoms with Crippen molar-refractivity contribution in [2.75, 3.05) is 0 Å². The summed E-state index contributed by atoms with van der Waals surface area (Å²) >= 11 is 0. The van der Waals surface area contributed by atoms with Crippen molar-refractivity contribution in [3.05, 3.63) is 115 Å². The third-order valence-corrected chi connectivity index (χ3v) is 5.83. The summed E-state index contributed by atoms with van der Waals surface area (Å²) in [4.78, 5) is 8.94. The summed E-state index contributed by atoms with van der Waals surface area (Å²) in [6.45, 7) is 2.09. The lowest BCUT2D eigenvalue weighted by Gasteiger charge is -2.10. The van der Waals surface area contributed by atoms with Crippen molar-refractivity contribution < 1.29 is 4.74 Å². The summed E-state index contributed by atoms with van der Waals surface area (Å²) in [5.74, 6) is 2.26. The van der Waals surface area contributed by atoms with E-state index in [0.29, 0.717) is 5.88 Å². The minimum atomic E-state index is 0.579. The zero-order chi connectivity index (χ0) is 22.2. The van der Waals surface area contributed by atoms with Crippen molar-refractivity contribution in [2.24, 2.45) is 0 Å². The maximum atomic E-state index is 5.96. The van der Waals surface area contributed by atoms with Crippen molar-refractivity contribution in [2.45, 2.75) is 6.92 Å². The summed E-state index contributed by atoms with van der Waals surface area (Å²) in [6.07, 6.45) is 3.60. The van der Waals surface area contributed by atoms with Gasteiger partial charge in [0.05, 0.1) is 11.0 Å². The van der Waals surface area contributed by atoms with Crippen LogP contribution < -0.4 is 4.74 Å². The zero-order valence-corrected chi connectivity index (χ0v) is 18.1. The van der Waals surface area contributed by atoms with Gasteiger partial charge in [-0.15, -0.1) is 0 Å². The second-order valence-corrected chi connectivity index (χ2v) is 8.07. The number of fused-ring (bicyclic) bond motifs is 3. The quantitative estimate of drug-likeness (QED) is 0.295. The molecule has 0 aliphatic rings. The van der Waals surface area contributed by atoms with Gasteiger partial charge in [0, 0.05) is 29.2 Å². The zero-order valence-electron chi connectivity index (χ0n) is 18.1. The van der Waals surface area contributed by atoms with E-state index < -0.39 is 0 Å². The second kappa shape index (κ2) is 7.92. The molecule has 4 nitrogen and oxygen atoms in total. The highest BCUT2D eigenvalue weighted by atomic mass is 16.5. The van der Waals surface area contributed by atoms with Gasteiger partial charge in [-0.25, -0.2) is 9.97 Å². The standard InChI is InChI=1S/C29H21N3O/c1-20-14-16-30-28(17-20)32-26-10-3-2-9-24(26)25-13-12-22(19-27(25)32)21-7-6-8-23(18-21)33-29-11-4-5-15-31-29/h2-19H,1H3. The number of rotatable bonds is 4. The van der Waals surface area contributed by atoms with Crippen LogP contribution in [0.15, 0.2) is 109 Å². The van der Waals surface area contributed by atoms with E-state index >= 15 is 0 Å². The van der Waals surface area contributed by atoms with Crippen LogP contribution in [0.5, 0.6) is 11.6 Å². The Hall–Kier alpha value is -4.44. The van der Waals surface area contributed by atoms with E-state index in [9.17, 15) is 0 Å². The number of ether oxygens (including phenoxy) is 1. The van der Waals surface area contributed by atoms with Gasteiger partial charge in [0.15, 0.2) is 0 Å². The fourth-order valence-electron chi connectivity index (χ4n) is 4.31. The lowest BCUT2D eigenvalue weighted by atomic mass is 10.0. The van der Waals surface area contributed by atoms with Crippen molar-refractivity contribution in [3.8, 4) is 28.6 Å². The molecule has 0 unspecified atom stereocenters. The van der Waals surface area contributed by atoms with Gasteiger partial charge in [0.2, 0.25) is 5.88 Å². The number of hydrogen-bond donors (Lipinski definition) is 0. The third-order valence-electron chi connectivity index (χ3n) is 5.83. The Balaban J connectivity index is 1.51. The number of nitrogens with zero attached hydrogens (tertiary/aromatic N) is 3. The van der Waals surface area contributed by atoms with Gasteiger partial charge in [0.25, 0.3) is 0 Å². The normalized spacial score (nSPS) is 11.2. The van der Waals surface area contributed by atoms with E-state index in [2.05, 4.69) is 76.1 Å². The van der Waals surface area contributed by atoms with E-state index in [0.717, 1.165) is 33.7 Å². The molecule has 0 N–H and O–H groups in total. The van der Waals surface area contributed by atoms with Crippen LogP contribution >= 0.6 is 0 Å². The molecule has 158 valence electrons. The maximum Gasteiger partial charge on any atom is 0.219 e. The molecular weight excluding hydrogens is 406 g/mol. The number of benzene rings is 3. The smallest absolute Gasteiger partial charge is 0.219 e. The molecule has 6 rings (SSSR count). The molecular formula is C29H21N3O. The number of aromatic nitrogens is 3. The molecule has 6 aromatic rings. The Morgan fingerprint density at radius 1 is 0.636 bits per heavy atom. The van der Waals surface area contributed by atoms with Crippen LogP contribution in [-0.2, 0) is 0 Å². The van der Waals surface area contributed by atoms with Crippen LogP contribution in [-0.4, -0.2) is 14.5 Å². The van der Waals surface area contributed by atoms with Gasteiger partial charge in [-0.2, -0.15) is 0 Å². The molecule has 0 radical (unpaired) electrons. The predicted octanol–water partition coefficient (Wildman–Crippen LogP) is 7.34. The molecule has 3 aromatic carbocycles. The van der Waals surface area contributed by atoms with Crippen LogP contribution in [0.3, 0.4) is 0 Å². The molecule has 0 bridgehead atoms. The highest BCUT2D eigenvalue weighted by molar-refractivity contribution is 6.10. The molecule has 0 amide bonds. The first-order chi connectivity index (χ1) is 16.3. The van der Waals surface area contributed by atoms with Gasteiger partial charge < -0.3 is 4.74 Å². The molecule has 0 saturated carbocycles. The fraction of sp³-hybridized carbons (Fsp3) is 0.0345. The van der Waals surface area contributed by atoms with Crippen molar-refractivity contribution in [1.29, 1.82) is 0 Å². The Morgan fingerprint density at radius 2 is 1.48 bits per heavy atom. The first-order valence-electron chi connectivity index (χ1n) is 10.9. The number of aryl methyl sites for hydroxylation is 1. The van der Waals surface area contributed by atoms with Crippen molar-refractivity contribution >= 4 is 21.8 Å². The Bertz CT molecular complexity index is 1600. The van der Waals surface area contributed by atoms with Crippen molar-refractivity contribution in [1.82, 2.24) is 14.5 Å². The van der Waals surface area contributed by atoms with Crippen molar-refractivity contribution in [3.63, 3.8) is 0 Å². The summed E-state index contributed by atoms with van der Waals surface area (Å²) in [6, 6.07) is 33.0. The highest BCUT2D eigenvalue weighted by Gasteiger charge is 2.14. The van der Waals surface area contributed by atoms with E-state index in [4.69, 9.17) is 4.74 Å². The fourth-order valence-corrected chi connectivity index (χ4v) is 4.31. The average Bonchev–Trinajstić information content (AvgIpc) is 3.18. The summed E-state index contributed by atoms with van der Waals surface area (Å²) in [5.41, 5.74) is 5.66. The Kier molecular flexibility index (Phi) is 4.62. The first kappa shape index (κ1) is 19.3. The predicted molar refractivity (Wildman–Crippen MR) is 133 cm³/mol. The number of para-hydroxylation sites is 1. The van der Waals surface area contributed by atoms with Gasteiger partial charge in [-0.1, -0.05) is 48.5 Å². The van der Waals surface area contributed by atoms with Crippen LogP contribution in [0, 0.1) is 6.92 Å². The Labute approximate surface area is 191 Å². The third kappa shape index (κ3) is 3.52. The van der Waals surface area contributed by atoms with Gasteiger partial charge in [-0.3, -0.25) is 4.57 Å². The van der Waals surface area contributed by atoms with Gasteiger partial charge in [0.1, 0.15) is 11.6 Å². The molecule has 0 aliphatic heterocycles. The lowest BCUT2D eigenvalue weighted by Crippen LogP contribution is -1.97. The Morgan fingerprint density at radius 3 is 2.36 bits per heavy atom. The van der Waals surface area contributed by atoms with E-state index in [1.165, 1.54) is 16.3 Å². The molecule has 0 aliphatic carbocycles. The highest BCUT2D eigenvalue weighted by Crippen LogP contribution is 2.35. The number of hydrogen-bond acceptors (Lipinski definition) is 3. The second-order valence-electron chi connectivity index (χ2n) is 8.07. The topological polar surface area (TPSA) is 39.9 Å². The largest absolute Gasteiger partial charge is 0.439 e. The van der Waals surface area contributed by atoms with E-state index in [-0.39, 0.29) is 0 Å². The molecule has 4 heteroatoms. The van der Waals surface area contributed by atoms with Gasteiger partial charge >= 0.3 is 0 Å². The minimum Gasteiger partial charge on any atom is -0.439 e. The maximum absolute atomic E-state index is 5.96. The average molecular weight is 428 g/mol. The SMILES string of the molecule is Cc1ccnc(-n2c3ccccc3c3ccc(-c4cccc(Oc5ccccn5)c4)cc32)c1. The van der Waals surface area contributed by atoms with Crippen LogP contribution in [0.25, 0.3) is 38.8 Å². The molecule has 3 aromatic heterocycles. The monoisotopic (exact) mass is 427 g/mol. The van der Waals surface area contributed by atoms with E-state index in [1.54, 1.807) is 6.20 Å². The molecule has 0 spiro atoms. The molecule has 3 heterocycles. The number of pyridine rings is 2. The summed E-state index contributed by atoms with van der Waals surface area (Å²) in [7, 11) is 0.